The Kier molecular flexibility index (Phi) is 34.9. The Morgan fingerprint density at radius 3 is 1.73 bits per heavy atom. The number of likely N-dealkylation sites (N-methyl/N-ethyl adjacent to an activating group) is 1. The Labute approximate surface area is 71.9 Å². The largest absolute Gasteiger partial charge is 0.329 e. The molecule has 0 fully saturated rings. The minimum atomic E-state index is 0.514. The summed E-state index contributed by atoms with van der Waals surface area (Å²) in [6, 6.07) is 0.514. The Hall–Kier alpha value is -0.340. The third kappa shape index (κ3) is 17.7. The molecule has 70 valence electrons. The molecule has 1 unspecified atom stereocenters. The van der Waals surface area contributed by atoms with Crippen LogP contribution in [0.2, 0.25) is 0 Å². The van der Waals surface area contributed by atoms with Crippen molar-refractivity contribution in [2.45, 2.75) is 33.2 Å². The Morgan fingerprint density at radius 2 is 1.73 bits per heavy atom. The Balaban J connectivity index is -0.000000138. The minimum Gasteiger partial charge on any atom is -0.329 e. The molecule has 0 aliphatic rings. The van der Waals surface area contributed by atoms with E-state index in [2.05, 4.69) is 25.4 Å². The average Bonchev–Trinajstić information content (AvgIpc) is 2.14. The van der Waals surface area contributed by atoms with Crippen molar-refractivity contribution in [3.63, 3.8) is 0 Å². The molecule has 2 nitrogen and oxygen atoms in total. The van der Waals surface area contributed by atoms with E-state index in [4.69, 9.17) is 5.73 Å². The summed E-state index contributed by atoms with van der Waals surface area (Å²) >= 11 is 0. The van der Waals surface area contributed by atoms with Crippen LogP contribution in [0.4, 0.5) is 0 Å². The monoisotopic (exact) mass is 160 g/mol. The molecular formula is C9H24N2. The third-order valence-electron chi connectivity index (χ3n) is 1.19. The van der Waals surface area contributed by atoms with Gasteiger partial charge in [-0.15, -0.1) is 13.2 Å². The lowest BCUT2D eigenvalue weighted by molar-refractivity contribution is 0.556. The van der Waals surface area contributed by atoms with E-state index in [1.807, 2.05) is 20.9 Å². The summed E-state index contributed by atoms with van der Waals surface area (Å²) < 4.78 is 0. The molecule has 0 amide bonds. The molecule has 0 aliphatic carbocycles. The zero-order valence-electron chi connectivity index (χ0n) is 8.48. The maximum absolute atomic E-state index is 5.33. The van der Waals surface area contributed by atoms with Gasteiger partial charge in [0.05, 0.1) is 0 Å². The van der Waals surface area contributed by atoms with E-state index in [0.717, 1.165) is 13.0 Å². The van der Waals surface area contributed by atoms with Gasteiger partial charge in [0, 0.05) is 12.6 Å². The van der Waals surface area contributed by atoms with Crippen molar-refractivity contribution in [1.29, 1.82) is 0 Å². The van der Waals surface area contributed by atoms with Gasteiger partial charge >= 0.3 is 0 Å². The van der Waals surface area contributed by atoms with Crippen LogP contribution in [0.1, 0.15) is 27.2 Å². The summed E-state index contributed by atoms with van der Waals surface area (Å²) in [6.07, 6.45) is 1.12. The van der Waals surface area contributed by atoms with Crippen molar-refractivity contribution < 1.29 is 0 Å². The van der Waals surface area contributed by atoms with Gasteiger partial charge in [-0.1, -0.05) is 20.8 Å². The molecule has 0 bridgehead atoms. The van der Waals surface area contributed by atoms with Gasteiger partial charge in [0.15, 0.2) is 0 Å². The quantitative estimate of drug-likeness (QED) is 0.618. The molecular weight excluding hydrogens is 136 g/mol. The molecule has 0 radical (unpaired) electrons. The fourth-order valence-corrected chi connectivity index (χ4v) is 0.489. The van der Waals surface area contributed by atoms with Gasteiger partial charge < -0.3 is 11.1 Å². The minimum absolute atomic E-state index is 0.514. The van der Waals surface area contributed by atoms with Crippen molar-refractivity contribution in [3.8, 4) is 0 Å². The van der Waals surface area contributed by atoms with E-state index in [9.17, 15) is 0 Å². The standard InChI is InChI=1S/C5H14N2.C2H6.C2H4/c1-3-5(4-6)7-2;2*1-2/h5,7H,3-4,6H2,1-2H3;1-2H3;1-2H2. The number of nitrogens with two attached hydrogens (primary N) is 1. The Bertz CT molecular complexity index is 37.3. The lowest BCUT2D eigenvalue weighted by atomic mass is 10.2. The lowest BCUT2D eigenvalue weighted by Crippen LogP contribution is -2.32. The van der Waals surface area contributed by atoms with Crippen molar-refractivity contribution >= 4 is 0 Å². The molecule has 0 spiro atoms. The number of nitrogens with one attached hydrogen (secondary N) is 1. The molecule has 0 aromatic heterocycles. The van der Waals surface area contributed by atoms with E-state index in [1.54, 1.807) is 0 Å². The fourth-order valence-electron chi connectivity index (χ4n) is 0.489. The first-order valence-electron chi connectivity index (χ1n) is 4.22. The van der Waals surface area contributed by atoms with Gasteiger partial charge in [0.1, 0.15) is 0 Å². The lowest BCUT2D eigenvalue weighted by Gasteiger charge is -2.08. The topological polar surface area (TPSA) is 38.0 Å². The normalized spacial score (nSPS) is 9.91. The van der Waals surface area contributed by atoms with Crippen LogP contribution in [0.5, 0.6) is 0 Å². The number of hydrogen-bond donors (Lipinski definition) is 2. The summed E-state index contributed by atoms with van der Waals surface area (Å²) in [5.41, 5.74) is 5.33. The first-order chi connectivity index (χ1) is 5.35. The highest BCUT2D eigenvalue weighted by Crippen LogP contribution is 1.82. The summed E-state index contributed by atoms with van der Waals surface area (Å²) in [5, 5.41) is 3.08. The van der Waals surface area contributed by atoms with Crippen LogP contribution >= 0.6 is 0 Å². The highest BCUT2D eigenvalue weighted by Gasteiger charge is 1.94. The molecule has 0 aromatic carbocycles. The van der Waals surface area contributed by atoms with Crippen molar-refractivity contribution in [2.75, 3.05) is 13.6 Å². The van der Waals surface area contributed by atoms with E-state index < -0.39 is 0 Å². The molecule has 0 rings (SSSR count). The van der Waals surface area contributed by atoms with Crippen LogP contribution in [0.15, 0.2) is 13.2 Å². The Morgan fingerprint density at radius 1 is 1.36 bits per heavy atom. The molecule has 11 heavy (non-hydrogen) atoms. The predicted molar refractivity (Wildman–Crippen MR) is 54.8 cm³/mol. The average molecular weight is 160 g/mol. The second-order valence-electron chi connectivity index (χ2n) is 1.63. The predicted octanol–water partition coefficient (Wildman–Crippen LogP) is 1.77. The van der Waals surface area contributed by atoms with Gasteiger partial charge in [-0.25, -0.2) is 0 Å². The van der Waals surface area contributed by atoms with E-state index in [0.29, 0.717) is 6.04 Å². The second kappa shape index (κ2) is 22.6. The molecule has 3 N–H and O–H groups in total. The summed E-state index contributed by atoms with van der Waals surface area (Å²) in [4.78, 5) is 0. The maximum atomic E-state index is 5.33. The van der Waals surface area contributed by atoms with Gasteiger partial charge in [0.2, 0.25) is 0 Å². The smallest absolute Gasteiger partial charge is 0.0184 e. The first-order valence-corrected chi connectivity index (χ1v) is 4.22. The zero-order chi connectivity index (χ0) is 9.70. The van der Waals surface area contributed by atoms with Crippen LogP contribution in [0.3, 0.4) is 0 Å². The highest BCUT2D eigenvalue weighted by molar-refractivity contribution is 4.60. The second-order valence-corrected chi connectivity index (χ2v) is 1.63. The SMILES string of the molecule is C=C.CC.CCC(CN)NC. The fraction of sp³-hybridized carbons (Fsp3) is 0.778. The molecule has 0 aliphatic heterocycles. The summed E-state index contributed by atoms with van der Waals surface area (Å²) in [6.45, 7) is 12.9. The molecule has 0 aromatic rings. The number of rotatable bonds is 3. The summed E-state index contributed by atoms with van der Waals surface area (Å²) in [7, 11) is 1.93. The van der Waals surface area contributed by atoms with Gasteiger partial charge in [-0.05, 0) is 13.5 Å². The van der Waals surface area contributed by atoms with E-state index in [-0.39, 0.29) is 0 Å². The van der Waals surface area contributed by atoms with Crippen molar-refractivity contribution in [1.82, 2.24) is 5.32 Å². The molecule has 1 atom stereocenters. The molecule has 0 saturated heterocycles. The van der Waals surface area contributed by atoms with Crippen molar-refractivity contribution in [2.24, 2.45) is 5.73 Å². The van der Waals surface area contributed by atoms with Crippen LogP contribution in [0, 0.1) is 0 Å². The molecule has 0 saturated carbocycles. The van der Waals surface area contributed by atoms with Gasteiger partial charge in [0.25, 0.3) is 0 Å². The van der Waals surface area contributed by atoms with Crippen LogP contribution < -0.4 is 11.1 Å². The molecule has 0 heterocycles. The third-order valence-corrected chi connectivity index (χ3v) is 1.19. The maximum Gasteiger partial charge on any atom is 0.0184 e. The summed E-state index contributed by atoms with van der Waals surface area (Å²) in [5.74, 6) is 0. The van der Waals surface area contributed by atoms with E-state index in [1.165, 1.54) is 0 Å². The van der Waals surface area contributed by atoms with Crippen LogP contribution in [-0.4, -0.2) is 19.6 Å². The molecule has 2 heteroatoms. The van der Waals surface area contributed by atoms with Gasteiger partial charge in [-0.2, -0.15) is 0 Å². The van der Waals surface area contributed by atoms with E-state index >= 15 is 0 Å². The van der Waals surface area contributed by atoms with Crippen molar-refractivity contribution in [3.05, 3.63) is 13.2 Å². The van der Waals surface area contributed by atoms with Crippen LogP contribution in [-0.2, 0) is 0 Å². The van der Waals surface area contributed by atoms with Gasteiger partial charge in [-0.3, -0.25) is 0 Å². The van der Waals surface area contributed by atoms with Crippen LogP contribution in [0.25, 0.3) is 0 Å². The number of hydrogen-bond acceptors (Lipinski definition) is 2. The zero-order valence-corrected chi connectivity index (χ0v) is 8.48. The first kappa shape index (κ1) is 17.0. The highest BCUT2D eigenvalue weighted by atomic mass is 14.9.